The van der Waals surface area contributed by atoms with Gasteiger partial charge in [0.15, 0.2) is 0 Å². The summed E-state index contributed by atoms with van der Waals surface area (Å²) >= 11 is 0. The number of nitrogens with one attached hydrogen (secondary N) is 3. The first-order valence-corrected chi connectivity index (χ1v) is 9.30. The molecule has 0 aliphatic carbocycles. The summed E-state index contributed by atoms with van der Waals surface area (Å²) in [5.74, 6) is -0.716. The molecule has 0 saturated heterocycles. The fraction of sp³-hybridized carbons (Fsp3) is 0.381. The Morgan fingerprint density at radius 2 is 1.68 bits per heavy atom. The number of carbonyl (C=O) groups excluding carboxylic acids is 3. The van der Waals surface area contributed by atoms with Crippen molar-refractivity contribution in [3.8, 4) is 0 Å². The van der Waals surface area contributed by atoms with E-state index in [-0.39, 0.29) is 24.8 Å². The minimum Gasteiger partial charge on any atom is -0.462 e. The highest BCUT2D eigenvalue weighted by atomic mass is 16.5. The second kappa shape index (κ2) is 9.32. The fourth-order valence-electron chi connectivity index (χ4n) is 3.28. The van der Waals surface area contributed by atoms with Crippen LogP contribution in [0, 0.1) is 13.8 Å². The number of H-pyrrole nitrogens is 1. The van der Waals surface area contributed by atoms with Crippen LogP contribution in [0.2, 0.25) is 0 Å². The Morgan fingerprint density at radius 1 is 1.07 bits per heavy atom. The highest BCUT2D eigenvalue weighted by Gasteiger charge is 2.27. The third kappa shape index (κ3) is 4.86. The predicted molar refractivity (Wildman–Crippen MR) is 106 cm³/mol. The number of carbonyl (C=O) groups is 3. The lowest BCUT2D eigenvalue weighted by Crippen LogP contribution is -3.08. The van der Waals surface area contributed by atoms with Crippen LogP contribution in [0.25, 0.3) is 0 Å². The van der Waals surface area contributed by atoms with E-state index in [0.29, 0.717) is 34.6 Å². The molecule has 0 aliphatic heterocycles. The topological polar surface area (TPSA) is 92.7 Å². The normalized spacial score (nSPS) is 11.8. The van der Waals surface area contributed by atoms with Crippen LogP contribution in [-0.2, 0) is 11.3 Å². The number of quaternary nitrogens is 1. The average Bonchev–Trinajstić information content (AvgIpc) is 2.95. The number of aryl methyl sites for hydroxylation is 2. The predicted octanol–water partition coefficient (Wildman–Crippen LogP) is 1.07. The van der Waals surface area contributed by atoms with Gasteiger partial charge in [-0.05, 0) is 32.9 Å². The molecule has 1 atom stereocenters. The van der Waals surface area contributed by atoms with Crippen molar-refractivity contribution in [2.75, 3.05) is 27.2 Å². The van der Waals surface area contributed by atoms with Crippen molar-refractivity contribution in [1.82, 2.24) is 10.3 Å². The molecular weight excluding hydrogens is 358 g/mol. The highest BCUT2D eigenvalue weighted by Crippen LogP contribution is 2.19. The molecule has 1 aromatic heterocycles. The summed E-state index contributed by atoms with van der Waals surface area (Å²) in [6, 6.07) is 7.30. The number of likely N-dealkylation sites (N-methyl/N-ethyl adjacent to an activating group) is 1. The second-order valence-corrected chi connectivity index (χ2v) is 6.86. The number of aromatic nitrogens is 1. The molecule has 0 aliphatic rings. The number of hydrogen-bond acceptors (Lipinski definition) is 4. The molecule has 1 unspecified atom stereocenters. The average molecular weight is 386 g/mol. The van der Waals surface area contributed by atoms with E-state index in [1.807, 2.05) is 19.2 Å². The van der Waals surface area contributed by atoms with E-state index >= 15 is 0 Å². The number of rotatable bonds is 8. The molecule has 150 valence electrons. The van der Waals surface area contributed by atoms with Crippen LogP contribution < -0.4 is 10.2 Å². The molecule has 0 saturated carbocycles. The van der Waals surface area contributed by atoms with Gasteiger partial charge >= 0.3 is 5.97 Å². The minimum absolute atomic E-state index is 0.107. The van der Waals surface area contributed by atoms with Crippen molar-refractivity contribution in [2.24, 2.45) is 0 Å². The van der Waals surface area contributed by atoms with Gasteiger partial charge in [0.05, 0.1) is 24.8 Å². The first-order valence-electron chi connectivity index (χ1n) is 9.30. The van der Waals surface area contributed by atoms with Gasteiger partial charge in [0.25, 0.3) is 5.91 Å². The Morgan fingerprint density at radius 3 is 2.25 bits per heavy atom. The number of Topliss-reactive ketones (excluding diaryl/α,β-unsaturated/α-hetero) is 1. The zero-order valence-corrected chi connectivity index (χ0v) is 17.1. The quantitative estimate of drug-likeness (QED) is 0.467. The molecule has 0 spiro atoms. The number of hydrogen-bond donors (Lipinski definition) is 3. The molecule has 1 heterocycles. The maximum atomic E-state index is 12.9. The Balaban J connectivity index is 2.10. The van der Waals surface area contributed by atoms with Gasteiger partial charge in [0, 0.05) is 29.6 Å². The van der Waals surface area contributed by atoms with E-state index in [2.05, 4.69) is 10.3 Å². The van der Waals surface area contributed by atoms with Gasteiger partial charge in [0.2, 0.25) is 5.78 Å². The van der Waals surface area contributed by atoms with Gasteiger partial charge < -0.3 is 19.9 Å². The van der Waals surface area contributed by atoms with E-state index in [1.54, 1.807) is 40.0 Å². The van der Waals surface area contributed by atoms with Crippen LogP contribution in [0.5, 0.6) is 0 Å². The summed E-state index contributed by atoms with van der Waals surface area (Å²) in [6.45, 7) is 6.41. The lowest BCUT2D eigenvalue weighted by atomic mass is 10.0. The molecule has 0 fully saturated rings. The van der Waals surface area contributed by atoms with Crippen LogP contribution in [0.1, 0.15) is 54.9 Å². The lowest BCUT2D eigenvalue weighted by molar-refractivity contribution is -0.884. The maximum absolute atomic E-state index is 12.9. The van der Waals surface area contributed by atoms with Gasteiger partial charge in [-0.2, -0.15) is 0 Å². The van der Waals surface area contributed by atoms with E-state index < -0.39 is 5.97 Å². The van der Waals surface area contributed by atoms with Crippen LogP contribution in [0.4, 0.5) is 0 Å². The Hall–Kier alpha value is -2.93. The van der Waals surface area contributed by atoms with E-state index in [0.717, 1.165) is 10.5 Å². The first kappa shape index (κ1) is 21.4. The van der Waals surface area contributed by atoms with Gasteiger partial charge in [0.1, 0.15) is 13.1 Å². The molecule has 0 bridgehead atoms. The van der Waals surface area contributed by atoms with Gasteiger partial charge in [-0.1, -0.05) is 12.1 Å². The van der Waals surface area contributed by atoms with Crippen molar-refractivity contribution in [3.63, 3.8) is 0 Å². The molecule has 2 rings (SSSR count). The molecule has 7 heteroatoms. The largest absolute Gasteiger partial charge is 0.462 e. The third-order valence-corrected chi connectivity index (χ3v) is 4.54. The van der Waals surface area contributed by atoms with Crippen molar-refractivity contribution >= 4 is 17.7 Å². The Bertz CT molecular complexity index is 869. The zero-order chi connectivity index (χ0) is 20.8. The molecule has 1 amide bonds. The van der Waals surface area contributed by atoms with Crippen LogP contribution in [0.15, 0.2) is 24.3 Å². The zero-order valence-electron chi connectivity index (χ0n) is 17.1. The SMILES string of the molecule is CCOC(=O)c1c(C)[nH]c(C)c1C(=O)C[NH+](C)Cc1ccc(C(=O)NC)cc1. The summed E-state index contributed by atoms with van der Waals surface area (Å²) < 4.78 is 5.10. The lowest BCUT2D eigenvalue weighted by Gasteiger charge is -2.14. The van der Waals surface area contributed by atoms with E-state index in [4.69, 9.17) is 4.74 Å². The Labute approximate surface area is 165 Å². The van der Waals surface area contributed by atoms with Crippen molar-refractivity contribution < 1.29 is 24.0 Å². The third-order valence-electron chi connectivity index (χ3n) is 4.54. The monoisotopic (exact) mass is 386 g/mol. The summed E-state index contributed by atoms with van der Waals surface area (Å²) in [4.78, 5) is 40.8. The summed E-state index contributed by atoms with van der Waals surface area (Å²) in [7, 11) is 3.51. The van der Waals surface area contributed by atoms with E-state index in [9.17, 15) is 14.4 Å². The number of ketones is 1. The van der Waals surface area contributed by atoms with Crippen LogP contribution in [-0.4, -0.2) is 49.9 Å². The molecule has 28 heavy (non-hydrogen) atoms. The van der Waals surface area contributed by atoms with Crippen molar-refractivity contribution in [1.29, 1.82) is 0 Å². The fourth-order valence-corrected chi connectivity index (χ4v) is 3.28. The van der Waals surface area contributed by atoms with E-state index in [1.165, 1.54) is 0 Å². The first-order chi connectivity index (χ1) is 13.3. The summed E-state index contributed by atoms with van der Waals surface area (Å²) in [5, 5.41) is 2.59. The van der Waals surface area contributed by atoms with Crippen molar-refractivity contribution in [3.05, 3.63) is 57.9 Å². The molecular formula is C21H28N3O4+. The van der Waals surface area contributed by atoms with Crippen LogP contribution in [0.3, 0.4) is 0 Å². The maximum Gasteiger partial charge on any atom is 0.340 e. The molecule has 3 N–H and O–H groups in total. The highest BCUT2D eigenvalue weighted by molar-refractivity contribution is 6.08. The number of benzene rings is 1. The smallest absolute Gasteiger partial charge is 0.340 e. The number of ether oxygens (including phenoxy) is 1. The standard InChI is InChI=1S/C21H27N3O4/c1-6-28-21(27)19-14(3)23-13(2)18(19)17(25)12-24(5)11-15-7-9-16(10-8-15)20(26)22-4/h7-10,23H,6,11-12H2,1-5H3,(H,22,26)/p+1. The summed E-state index contributed by atoms with van der Waals surface area (Å²) in [5.41, 5.74) is 3.66. The molecule has 0 radical (unpaired) electrons. The second-order valence-electron chi connectivity index (χ2n) is 6.86. The molecule has 2 aromatic rings. The van der Waals surface area contributed by atoms with Gasteiger partial charge in [-0.15, -0.1) is 0 Å². The van der Waals surface area contributed by atoms with Crippen LogP contribution >= 0.6 is 0 Å². The Kier molecular flexibility index (Phi) is 7.12. The summed E-state index contributed by atoms with van der Waals surface area (Å²) in [6.07, 6.45) is 0. The number of aromatic amines is 1. The number of amides is 1. The van der Waals surface area contributed by atoms with Crippen molar-refractivity contribution in [2.45, 2.75) is 27.3 Å². The van der Waals surface area contributed by atoms with Gasteiger partial charge in [-0.3, -0.25) is 9.59 Å². The minimum atomic E-state index is -0.477. The molecule has 1 aromatic carbocycles. The number of esters is 1. The van der Waals surface area contributed by atoms with Gasteiger partial charge in [-0.25, -0.2) is 4.79 Å². The molecule has 7 nitrogen and oxygen atoms in total.